The Morgan fingerprint density at radius 2 is 2.31 bits per heavy atom. The molecule has 1 atom stereocenters. The van der Waals surface area contributed by atoms with Gasteiger partial charge < -0.3 is 9.84 Å². The summed E-state index contributed by atoms with van der Waals surface area (Å²) in [5, 5.41) is 9.45. The van der Waals surface area contributed by atoms with Gasteiger partial charge in [0.25, 0.3) is 0 Å². The lowest BCUT2D eigenvalue weighted by Gasteiger charge is -2.13. The molecule has 0 unspecified atom stereocenters. The average Bonchev–Trinajstić information content (AvgIpc) is 2.69. The van der Waals surface area contributed by atoms with Gasteiger partial charge in [0.15, 0.2) is 0 Å². The number of methoxy groups -OCH3 is 1. The molecule has 0 fully saturated rings. The van der Waals surface area contributed by atoms with E-state index >= 15 is 0 Å². The van der Waals surface area contributed by atoms with Crippen LogP contribution in [0.3, 0.4) is 0 Å². The van der Waals surface area contributed by atoms with Crippen LogP contribution in [0.25, 0.3) is 0 Å². The van der Waals surface area contributed by atoms with Crippen molar-refractivity contribution in [3.05, 3.63) is 41.5 Å². The van der Waals surface area contributed by atoms with Crippen molar-refractivity contribution in [2.24, 2.45) is 0 Å². The minimum Gasteiger partial charge on any atom is -0.508 e. The van der Waals surface area contributed by atoms with Crippen molar-refractivity contribution in [1.29, 1.82) is 0 Å². The second-order valence-electron chi connectivity index (χ2n) is 3.99. The number of hydrogen-bond acceptors (Lipinski definition) is 3. The number of aromatic hydroxyl groups is 1. The molecule has 3 nitrogen and oxygen atoms in total. The maximum Gasteiger partial charge on any atom is 0.333 e. The molecule has 0 heterocycles. The standard InChI is InChI=1S/C13H14O3/c1-8(13(15)16-2)11-6-4-9-3-5-10(14)7-12(9)11/h3,5,7,11,14H,1,4,6H2,2H3/t11-/m1/s1. The Bertz CT molecular complexity index is 448. The van der Waals surface area contributed by atoms with Crippen LogP contribution in [0.4, 0.5) is 0 Å². The molecule has 1 aliphatic rings. The number of carbonyl (C=O) groups is 1. The Hall–Kier alpha value is -1.77. The summed E-state index contributed by atoms with van der Waals surface area (Å²) in [6, 6.07) is 5.28. The van der Waals surface area contributed by atoms with E-state index in [1.807, 2.05) is 6.07 Å². The third-order valence-electron chi connectivity index (χ3n) is 3.08. The van der Waals surface area contributed by atoms with Crippen LogP contribution in [0.5, 0.6) is 5.75 Å². The summed E-state index contributed by atoms with van der Waals surface area (Å²) in [7, 11) is 1.35. The highest BCUT2D eigenvalue weighted by atomic mass is 16.5. The van der Waals surface area contributed by atoms with Gasteiger partial charge in [-0.25, -0.2) is 4.79 Å². The Morgan fingerprint density at radius 1 is 1.56 bits per heavy atom. The summed E-state index contributed by atoms with van der Waals surface area (Å²) in [5.74, 6) is -0.168. The Kier molecular flexibility index (Phi) is 2.69. The first-order valence-corrected chi connectivity index (χ1v) is 5.22. The highest BCUT2D eigenvalue weighted by Gasteiger charge is 2.28. The molecule has 0 saturated carbocycles. The second kappa shape index (κ2) is 4.00. The van der Waals surface area contributed by atoms with Crippen molar-refractivity contribution in [2.75, 3.05) is 7.11 Å². The van der Waals surface area contributed by atoms with E-state index in [1.165, 1.54) is 12.7 Å². The number of aryl methyl sites for hydroxylation is 1. The molecule has 0 amide bonds. The summed E-state index contributed by atoms with van der Waals surface area (Å²) in [4.78, 5) is 11.4. The molecule has 1 aliphatic carbocycles. The first kappa shape index (κ1) is 10.7. The Morgan fingerprint density at radius 3 is 3.00 bits per heavy atom. The molecular weight excluding hydrogens is 204 g/mol. The van der Waals surface area contributed by atoms with Crippen molar-refractivity contribution < 1.29 is 14.6 Å². The molecule has 84 valence electrons. The van der Waals surface area contributed by atoms with E-state index in [0.29, 0.717) is 5.57 Å². The zero-order chi connectivity index (χ0) is 11.7. The molecule has 0 bridgehead atoms. The maximum atomic E-state index is 11.4. The van der Waals surface area contributed by atoms with E-state index in [4.69, 9.17) is 0 Å². The fraction of sp³-hybridized carbons (Fsp3) is 0.308. The van der Waals surface area contributed by atoms with Crippen LogP contribution in [0, 0.1) is 0 Å². The number of phenols is 1. The molecule has 1 N–H and O–H groups in total. The van der Waals surface area contributed by atoms with Gasteiger partial charge in [-0.05, 0) is 36.1 Å². The van der Waals surface area contributed by atoms with Crippen molar-refractivity contribution in [3.8, 4) is 5.75 Å². The van der Waals surface area contributed by atoms with Crippen LogP contribution in [0.15, 0.2) is 30.4 Å². The number of carbonyl (C=O) groups excluding carboxylic acids is 1. The number of esters is 1. The monoisotopic (exact) mass is 218 g/mol. The molecular formula is C13H14O3. The van der Waals surface area contributed by atoms with Gasteiger partial charge in [-0.3, -0.25) is 0 Å². The highest BCUT2D eigenvalue weighted by Crippen LogP contribution is 2.39. The Labute approximate surface area is 94.4 Å². The van der Waals surface area contributed by atoms with Gasteiger partial charge in [-0.2, -0.15) is 0 Å². The highest BCUT2D eigenvalue weighted by molar-refractivity contribution is 5.89. The van der Waals surface area contributed by atoms with E-state index in [2.05, 4.69) is 11.3 Å². The quantitative estimate of drug-likeness (QED) is 0.611. The van der Waals surface area contributed by atoms with E-state index in [0.717, 1.165) is 18.4 Å². The van der Waals surface area contributed by atoms with Crippen molar-refractivity contribution >= 4 is 5.97 Å². The predicted molar refractivity (Wildman–Crippen MR) is 60.3 cm³/mol. The lowest BCUT2D eigenvalue weighted by molar-refractivity contribution is -0.136. The molecule has 0 aliphatic heterocycles. The largest absolute Gasteiger partial charge is 0.508 e. The third kappa shape index (κ3) is 1.69. The molecule has 3 heteroatoms. The summed E-state index contributed by atoms with van der Waals surface area (Å²) in [6.07, 6.45) is 1.77. The van der Waals surface area contributed by atoms with Gasteiger partial charge in [0.2, 0.25) is 0 Å². The minimum absolute atomic E-state index is 0.0189. The van der Waals surface area contributed by atoms with E-state index < -0.39 is 0 Å². The molecule has 16 heavy (non-hydrogen) atoms. The fourth-order valence-electron chi connectivity index (χ4n) is 2.23. The lowest BCUT2D eigenvalue weighted by Crippen LogP contribution is -2.10. The van der Waals surface area contributed by atoms with Gasteiger partial charge in [-0.1, -0.05) is 12.6 Å². The van der Waals surface area contributed by atoms with Crippen molar-refractivity contribution in [1.82, 2.24) is 0 Å². The van der Waals surface area contributed by atoms with Crippen LogP contribution >= 0.6 is 0 Å². The maximum absolute atomic E-state index is 11.4. The zero-order valence-electron chi connectivity index (χ0n) is 9.19. The van der Waals surface area contributed by atoms with Gasteiger partial charge in [0, 0.05) is 11.5 Å². The topological polar surface area (TPSA) is 46.5 Å². The van der Waals surface area contributed by atoms with Gasteiger partial charge in [-0.15, -0.1) is 0 Å². The molecule has 1 aromatic rings. The van der Waals surface area contributed by atoms with Gasteiger partial charge in [0.05, 0.1) is 7.11 Å². The zero-order valence-corrected chi connectivity index (χ0v) is 9.19. The van der Waals surface area contributed by atoms with Crippen LogP contribution in [-0.2, 0) is 16.0 Å². The number of benzene rings is 1. The van der Waals surface area contributed by atoms with Gasteiger partial charge >= 0.3 is 5.97 Å². The lowest BCUT2D eigenvalue weighted by atomic mass is 9.94. The number of phenolic OH excluding ortho intramolecular Hbond substituents is 1. The number of rotatable bonds is 2. The minimum atomic E-state index is -0.374. The Balaban J connectivity index is 2.33. The number of fused-ring (bicyclic) bond motifs is 1. The molecule has 2 rings (SSSR count). The molecule has 1 aromatic carbocycles. The van der Waals surface area contributed by atoms with Crippen LogP contribution in [0.2, 0.25) is 0 Å². The van der Waals surface area contributed by atoms with E-state index in [-0.39, 0.29) is 17.6 Å². The normalized spacial score (nSPS) is 17.9. The summed E-state index contributed by atoms with van der Waals surface area (Å²) in [5.41, 5.74) is 2.63. The summed E-state index contributed by atoms with van der Waals surface area (Å²) < 4.78 is 4.67. The van der Waals surface area contributed by atoms with Crippen LogP contribution in [0.1, 0.15) is 23.5 Å². The van der Waals surface area contributed by atoms with Gasteiger partial charge in [0.1, 0.15) is 5.75 Å². The number of ether oxygens (including phenoxy) is 1. The molecule has 0 radical (unpaired) electrons. The van der Waals surface area contributed by atoms with E-state index in [1.54, 1.807) is 12.1 Å². The SMILES string of the molecule is C=C(C(=O)OC)[C@H]1CCc2ccc(O)cc21. The summed E-state index contributed by atoms with van der Waals surface area (Å²) in [6.45, 7) is 3.78. The van der Waals surface area contributed by atoms with Crippen LogP contribution in [-0.4, -0.2) is 18.2 Å². The van der Waals surface area contributed by atoms with E-state index in [9.17, 15) is 9.90 Å². The number of hydrogen-bond donors (Lipinski definition) is 1. The first-order valence-electron chi connectivity index (χ1n) is 5.22. The fourth-order valence-corrected chi connectivity index (χ4v) is 2.23. The van der Waals surface area contributed by atoms with Crippen LogP contribution < -0.4 is 0 Å². The van der Waals surface area contributed by atoms with Crippen molar-refractivity contribution in [2.45, 2.75) is 18.8 Å². The predicted octanol–water partition coefficient (Wildman–Crippen LogP) is 2.15. The molecule has 0 spiro atoms. The molecule has 0 aromatic heterocycles. The van der Waals surface area contributed by atoms with Crippen molar-refractivity contribution in [3.63, 3.8) is 0 Å². The first-order chi connectivity index (χ1) is 7.63. The average molecular weight is 218 g/mol. The smallest absolute Gasteiger partial charge is 0.333 e. The molecule has 0 saturated heterocycles. The third-order valence-corrected chi connectivity index (χ3v) is 3.08. The second-order valence-corrected chi connectivity index (χ2v) is 3.99. The summed E-state index contributed by atoms with van der Waals surface area (Å²) >= 11 is 0.